The number of carbonyl (C=O) groups is 1. The molecule has 0 aromatic heterocycles. The Morgan fingerprint density at radius 2 is 2.00 bits per heavy atom. The van der Waals surface area contributed by atoms with Crippen LogP contribution in [0.4, 0.5) is 0 Å². The minimum atomic E-state index is -0.00469. The van der Waals surface area contributed by atoms with Crippen molar-refractivity contribution < 1.29 is 4.79 Å². The van der Waals surface area contributed by atoms with Crippen molar-refractivity contribution in [1.82, 2.24) is 10.2 Å². The van der Waals surface area contributed by atoms with Crippen molar-refractivity contribution in [3.8, 4) is 0 Å². The maximum Gasteiger partial charge on any atom is 0.240 e. The Hall–Kier alpha value is -1.35. The SMILES string of the molecule is CC(C)c1ccc(CN(C)C(=O)C2NCCC2C)cc1. The molecule has 1 fully saturated rings. The lowest BCUT2D eigenvalue weighted by Gasteiger charge is -2.23. The van der Waals surface area contributed by atoms with Crippen LogP contribution in [0.3, 0.4) is 0 Å². The van der Waals surface area contributed by atoms with Gasteiger partial charge in [0.2, 0.25) is 5.91 Å². The number of likely N-dealkylation sites (N-methyl/N-ethyl adjacent to an activating group) is 1. The second-order valence-electron chi connectivity index (χ2n) is 6.29. The molecule has 0 radical (unpaired) electrons. The van der Waals surface area contributed by atoms with Gasteiger partial charge < -0.3 is 10.2 Å². The third-order valence-electron chi connectivity index (χ3n) is 4.24. The highest BCUT2D eigenvalue weighted by atomic mass is 16.2. The molecule has 1 saturated heterocycles. The van der Waals surface area contributed by atoms with Crippen molar-refractivity contribution in [2.45, 2.75) is 45.7 Å². The van der Waals surface area contributed by atoms with Gasteiger partial charge in [-0.1, -0.05) is 45.0 Å². The number of hydrogen-bond donors (Lipinski definition) is 1. The van der Waals surface area contributed by atoms with Crippen LogP contribution in [0.5, 0.6) is 0 Å². The molecule has 3 heteroatoms. The van der Waals surface area contributed by atoms with Crippen molar-refractivity contribution in [3.05, 3.63) is 35.4 Å². The maximum atomic E-state index is 12.4. The predicted molar refractivity (Wildman–Crippen MR) is 82.6 cm³/mol. The van der Waals surface area contributed by atoms with Crippen molar-refractivity contribution in [1.29, 1.82) is 0 Å². The topological polar surface area (TPSA) is 32.3 Å². The molecule has 0 aliphatic carbocycles. The minimum Gasteiger partial charge on any atom is -0.340 e. The fraction of sp³-hybridized carbons (Fsp3) is 0.588. The summed E-state index contributed by atoms with van der Waals surface area (Å²) in [5, 5.41) is 3.31. The van der Waals surface area contributed by atoms with Crippen LogP contribution in [-0.4, -0.2) is 30.4 Å². The van der Waals surface area contributed by atoms with Crippen molar-refractivity contribution >= 4 is 5.91 Å². The molecular formula is C17H26N2O. The van der Waals surface area contributed by atoms with Gasteiger partial charge in [0, 0.05) is 13.6 Å². The Balaban J connectivity index is 1.96. The van der Waals surface area contributed by atoms with Gasteiger partial charge in [0.25, 0.3) is 0 Å². The van der Waals surface area contributed by atoms with Crippen LogP contribution < -0.4 is 5.32 Å². The van der Waals surface area contributed by atoms with E-state index in [0.717, 1.165) is 13.0 Å². The van der Waals surface area contributed by atoms with E-state index in [2.05, 4.69) is 50.4 Å². The lowest BCUT2D eigenvalue weighted by Crippen LogP contribution is -2.43. The van der Waals surface area contributed by atoms with Crippen molar-refractivity contribution in [2.75, 3.05) is 13.6 Å². The van der Waals surface area contributed by atoms with Crippen LogP contribution in [0.2, 0.25) is 0 Å². The minimum absolute atomic E-state index is 0.00469. The molecule has 1 aromatic carbocycles. The molecule has 0 bridgehead atoms. The van der Waals surface area contributed by atoms with Crippen LogP contribution >= 0.6 is 0 Å². The van der Waals surface area contributed by atoms with Crippen LogP contribution in [0.15, 0.2) is 24.3 Å². The molecule has 2 rings (SSSR count). The smallest absolute Gasteiger partial charge is 0.240 e. The predicted octanol–water partition coefficient (Wildman–Crippen LogP) is 2.77. The normalized spacial score (nSPS) is 22.2. The lowest BCUT2D eigenvalue weighted by molar-refractivity contribution is -0.133. The third kappa shape index (κ3) is 3.40. The summed E-state index contributed by atoms with van der Waals surface area (Å²) in [5.41, 5.74) is 2.53. The fourth-order valence-electron chi connectivity index (χ4n) is 2.76. The monoisotopic (exact) mass is 274 g/mol. The molecule has 1 aliphatic rings. The van der Waals surface area contributed by atoms with Gasteiger partial charge >= 0.3 is 0 Å². The third-order valence-corrected chi connectivity index (χ3v) is 4.24. The van der Waals surface area contributed by atoms with E-state index in [4.69, 9.17) is 0 Å². The zero-order valence-corrected chi connectivity index (χ0v) is 13.0. The number of nitrogens with zero attached hydrogens (tertiary/aromatic N) is 1. The van der Waals surface area contributed by atoms with Gasteiger partial charge in [-0.15, -0.1) is 0 Å². The van der Waals surface area contributed by atoms with Crippen molar-refractivity contribution in [2.24, 2.45) is 5.92 Å². The van der Waals surface area contributed by atoms with Gasteiger partial charge in [-0.25, -0.2) is 0 Å². The summed E-state index contributed by atoms with van der Waals surface area (Å²) < 4.78 is 0. The molecule has 1 amide bonds. The van der Waals surface area contributed by atoms with Crippen LogP contribution in [0, 0.1) is 5.92 Å². The maximum absolute atomic E-state index is 12.4. The first-order chi connectivity index (χ1) is 9.49. The number of benzene rings is 1. The number of hydrogen-bond acceptors (Lipinski definition) is 2. The zero-order chi connectivity index (χ0) is 14.7. The van der Waals surface area contributed by atoms with E-state index in [9.17, 15) is 4.79 Å². The van der Waals surface area contributed by atoms with E-state index in [0.29, 0.717) is 18.4 Å². The molecule has 1 aromatic rings. The first-order valence-electron chi connectivity index (χ1n) is 7.56. The Bertz CT molecular complexity index is 453. The summed E-state index contributed by atoms with van der Waals surface area (Å²) in [6, 6.07) is 8.58. The van der Waals surface area contributed by atoms with Gasteiger partial charge in [-0.2, -0.15) is 0 Å². The molecule has 3 nitrogen and oxygen atoms in total. The molecular weight excluding hydrogens is 248 g/mol. The molecule has 20 heavy (non-hydrogen) atoms. The number of carbonyl (C=O) groups excluding carboxylic acids is 1. The summed E-state index contributed by atoms with van der Waals surface area (Å²) in [6.07, 6.45) is 1.09. The largest absolute Gasteiger partial charge is 0.340 e. The zero-order valence-electron chi connectivity index (χ0n) is 13.0. The molecule has 110 valence electrons. The van der Waals surface area contributed by atoms with E-state index in [1.807, 2.05) is 11.9 Å². The quantitative estimate of drug-likeness (QED) is 0.915. The molecule has 0 spiro atoms. The standard InChI is InChI=1S/C17H26N2O/c1-12(2)15-7-5-14(6-8-15)11-19(4)17(20)16-13(3)9-10-18-16/h5-8,12-13,16,18H,9-11H2,1-4H3. The Labute approximate surface area is 122 Å². The molecule has 2 unspecified atom stereocenters. The summed E-state index contributed by atoms with van der Waals surface area (Å²) in [7, 11) is 1.89. The molecule has 0 saturated carbocycles. The van der Waals surface area contributed by atoms with Crippen LogP contribution in [0.25, 0.3) is 0 Å². The first-order valence-corrected chi connectivity index (χ1v) is 7.56. The lowest BCUT2D eigenvalue weighted by atomic mass is 10.0. The van der Waals surface area contributed by atoms with Gasteiger partial charge in [-0.3, -0.25) is 4.79 Å². The molecule has 1 heterocycles. The highest BCUT2D eigenvalue weighted by Gasteiger charge is 2.31. The van der Waals surface area contributed by atoms with Crippen molar-refractivity contribution in [3.63, 3.8) is 0 Å². The Kier molecular flexibility index (Phi) is 4.81. The van der Waals surface area contributed by atoms with E-state index < -0.39 is 0 Å². The highest BCUT2D eigenvalue weighted by Crippen LogP contribution is 2.18. The molecule has 1 aliphatic heterocycles. The number of rotatable bonds is 4. The van der Waals surface area contributed by atoms with E-state index in [-0.39, 0.29) is 11.9 Å². The average Bonchev–Trinajstić information content (AvgIpc) is 2.84. The number of amides is 1. The fourth-order valence-corrected chi connectivity index (χ4v) is 2.76. The summed E-state index contributed by atoms with van der Waals surface area (Å²) in [6.45, 7) is 8.17. The first kappa shape index (κ1) is 15.0. The van der Waals surface area contributed by atoms with Crippen LogP contribution in [0.1, 0.15) is 44.2 Å². The van der Waals surface area contributed by atoms with Gasteiger partial charge in [0.1, 0.15) is 0 Å². The molecule has 1 N–H and O–H groups in total. The Morgan fingerprint density at radius 3 is 2.50 bits per heavy atom. The van der Waals surface area contributed by atoms with Gasteiger partial charge in [0.05, 0.1) is 6.04 Å². The highest BCUT2D eigenvalue weighted by molar-refractivity contribution is 5.82. The summed E-state index contributed by atoms with van der Waals surface area (Å²) in [5.74, 6) is 1.20. The second kappa shape index (κ2) is 6.40. The van der Waals surface area contributed by atoms with E-state index in [1.165, 1.54) is 11.1 Å². The van der Waals surface area contributed by atoms with Gasteiger partial charge in [0.15, 0.2) is 0 Å². The van der Waals surface area contributed by atoms with E-state index >= 15 is 0 Å². The number of nitrogens with one attached hydrogen (secondary N) is 1. The summed E-state index contributed by atoms with van der Waals surface area (Å²) in [4.78, 5) is 14.2. The summed E-state index contributed by atoms with van der Waals surface area (Å²) >= 11 is 0. The average molecular weight is 274 g/mol. The Morgan fingerprint density at radius 1 is 1.35 bits per heavy atom. The van der Waals surface area contributed by atoms with Crippen LogP contribution in [-0.2, 0) is 11.3 Å². The molecule has 2 atom stereocenters. The van der Waals surface area contributed by atoms with Gasteiger partial charge in [-0.05, 0) is 35.9 Å². The second-order valence-corrected chi connectivity index (χ2v) is 6.29. The van der Waals surface area contributed by atoms with E-state index in [1.54, 1.807) is 0 Å².